The molecule has 9 N–H and O–H groups in total. The smallest absolute Gasteiger partial charge is 0.326 e. The van der Waals surface area contributed by atoms with Crippen molar-refractivity contribution in [2.45, 2.75) is 62.9 Å². The molecule has 2 heterocycles. The fourth-order valence-corrected chi connectivity index (χ4v) is 3.53. The van der Waals surface area contributed by atoms with Gasteiger partial charge in [0.05, 0.1) is 24.9 Å². The number of aliphatic hydroxyl groups is 1. The molecule has 1 fully saturated rings. The number of primary amides is 1. The molecule has 0 aromatic carbocycles. The monoisotopic (exact) mass is 467 g/mol. The molecule has 1 aliphatic rings. The largest absolute Gasteiger partial charge is 0.480 e. The second-order valence-electron chi connectivity index (χ2n) is 7.87. The molecule has 4 amide bonds. The van der Waals surface area contributed by atoms with Crippen LogP contribution in [0.5, 0.6) is 0 Å². The zero-order valence-electron chi connectivity index (χ0n) is 18.1. The molecule has 0 saturated carbocycles. The lowest BCUT2D eigenvalue weighted by molar-refractivity contribution is -0.146. The van der Waals surface area contributed by atoms with E-state index in [2.05, 4.69) is 20.6 Å². The number of carboxylic acid groups (broad SMARTS) is 1. The lowest BCUT2D eigenvalue weighted by atomic mass is 10.1. The second-order valence-corrected chi connectivity index (χ2v) is 7.87. The van der Waals surface area contributed by atoms with Crippen LogP contribution in [-0.4, -0.2) is 91.5 Å². The van der Waals surface area contributed by atoms with Gasteiger partial charge in [0.2, 0.25) is 23.6 Å². The van der Waals surface area contributed by atoms with E-state index < -0.39 is 66.3 Å². The summed E-state index contributed by atoms with van der Waals surface area (Å²) in [6.07, 6.45) is 1.82. The SMILES string of the molecule is CC(O)C(NC(=O)C(N)Cc1cnc[nH]1)C(=O)N1CCCC1C(=O)NC(CC(N)=O)C(=O)O. The lowest BCUT2D eigenvalue weighted by Crippen LogP contribution is -2.59. The van der Waals surface area contributed by atoms with Crippen molar-refractivity contribution in [1.82, 2.24) is 25.5 Å². The quantitative estimate of drug-likeness (QED) is 0.171. The van der Waals surface area contributed by atoms with Crippen LogP contribution in [0.2, 0.25) is 0 Å². The predicted molar refractivity (Wildman–Crippen MR) is 112 cm³/mol. The van der Waals surface area contributed by atoms with Crippen LogP contribution in [0.1, 0.15) is 31.9 Å². The van der Waals surface area contributed by atoms with E-state index >= 15 is 0 Å². The zero-order chi connectivity index (χ0) is 24.7. The zero-order valence-corrected chi connectivity index (χ0v) is 18.1. The Bertz CT molecular complexity index is 874. The molecule has 14 heteroatoms. The number of rotatable bonds is 11. The molecule has 0 radical (unpaired) electrons. The summed E-state index contributed by atoms with van der Waals surface area (Å²) in [6, 6.07) is -4.98. The number of carbonyl (C=O) groups is 5. The number of carboxylic acids is 1. The number of nitrogens with two attached hydrogens (primary N) is 2. The number of aliphatic hydroxyl groups excluding tert-OH is 1. The molecule has 0 aliphatic carbocycles. The van der Waals surface area contributed by atoms with Gasteiger partial charge >= 0.3 is 5.97 Å². The van der Waals surface area contributed by atoms with Gasteiger partial charge < -0.3 is 42.2 Å². The van der Waals surface area contributed by atoms with Gasteiger partial charge in [0.1, 0.15) is 18.1 Å². The van der Waals surface area contributed by atoms with Gasteiger partial charge in [-0.25, -0.2) is 9.78 Å². The van der Waals surface area contributed by atoms with Gasteiger partial charge in [0, 0.05) is 24.9 Å². The van der Waals surface area contributed by atoms with Crippen LogP contribution >= 0.6 is 0 Å². The van der Waals surface area contributed by atoms with Gasteiger partial charge in [0.15, 0.2) is 0 Å². The van der Waals surface area contributed by atoms with Gasteiger partial charge in [-0.05, 0) is 19.8 Å². The molecular formula is C19H29N7O7. The molecule has 0 spiro atoms. The number of hydrogen-bond acceptors (Lipinski definition) is 8. The van der Waals surface area contributed by atoms with Crippen molar-refractivity contribution in [1.29, 1.82) is 0 Å². The molecule has 5 atom stereocenters. The number of aromatic nitrogens is 2. The molecule has 5 unspecified atom stereocenters. The highest BCUT2D eigenvalue weighted by Crippen LogP contribution is 2.20. The molecule has 33 heavy (non-hydrogen) atoms. The van der Waals surface area contributed by atoms with Crippen molar-refractivity contribution in [3.05, 3.63) is 18.2 Å². The average Bonchev–Trinajstić information content (AvgIpc) is 3.42. The number of amides is 4. The molecule has 1 aliphatic heterocycles. The van der Waals surface area contributed by atoms with Crippen LogP contribution in [0.3, 0.4) is 0 Å². The Balaban J connectivity index is 2.07. The summed E-state index contributed by atoms with van der Waals surface area (Å²) in [7, 11) is 0. The Morgan fingerprint density at radius 3 is 2.55 bits per heavy atom. The third-order valence-electron chi connectivity index (χ3n) is 5.24. The molecule has 2 rings (SSSR count). The minimum absolute atomic E-state index is 0.123. The van der Waals surface area contributed by atoms with Crippen LogP contribution in [0.15, 0.2) is 12.5 Å². The predicted octanol–water partition coefficient (Wildman–Crippen LogP) is -3.42. The molecular weight excluding hydrogens is 438 g/mol. The van der Waals surface area contributed by atoms with Crippen molar-refractivity contribution in [2.75, 3.05) is 6.54 Å². The first-order valence-corrected chi connectivity index (χ1v) is 10.3. The van der Waals surface area contributed by atoms with Crippen LogP contribution in [0.4, 0.5) is 0 Å². The number of hydrogen-bond donors (Lipinski definition) is 7. The van der Waals surface area contributed by atoms with Crippen molar-refractivity contribution in [2.24, 2.45) is 11.5 Å². The summed E-state index contributed by atoms with van der Waals surface area (Å²) in [5.74, 6) is -4.53. The van der Waals surface area contributed by atoms with E-state index in [1.54, 1.807) is 0 Å². The first-order chi connectivity index (χ1) is 15.5. The standard InChI is InChI=1S/C19H29N7O7/c1-9(27)15(25-16(29)11(20)5-10-7-22-8-23-10)18(31)26-4-2-3-13(26)17(30)24-12(19(32)33)6-14(21)28/h7-9,11-13,15,27H,2-6,20H2,1H3,(H2,21,28)(H,22,23)(H,24,30)(H,25,29)(H,32,33). The maximum absolute atomic E-state index is 13.1. The number of nitrogens with zero attached hydrogens (tertiary/aromatic N) is 2. The minimum atomic E-state index is -1.54. The third kappa shape index (κ3) is 6.98. The molecule has 1 aromatic rings. The maximum Gasteiger partial charge on any atom is 0.326 e. The van der Waals surface area contributed by atoms with Crippen LogP contribution < -0.4 is 22.1 Å². The first kappa shape index (κ1) is 25.7. The highest BCUT2D eigenvalue weighted by Gasteiger charge is 2.40. The summed E-state index contributed by atoms with van der Waals surface area (Å²) in [5.41, 5.74) is 11.5. The Hall–Kier alpha value is -3.52. The second kappa shape index (κ2) is 11.4. The number of imidazole rings is 1. The Morgan fingerprint density at radius 1 is 1.30 bits per heavy atom. The highest BCUT2D eigenvalue weighted by atomic mass is 16.4. The number of H-pyrrole nitrogens is 1. The van der Waals surface area contributed by atoms with E-state index in [4.69, 9.17) is 11.5 Å². The van der Waals surface area contributed by atoms with Gasteiger partial charge in [0.25, 0.3) is 0 Å². The van der Waals surface area contributed by atoms with Gasteiger partial charge in [-0.1, -0.05) is 0 Å². The maximum atomic E-state index is 13.1. The Morgan fingerprint density at radius 2 is 2.00 bits per heavy atom. The highest BCUT2D eigenvalue weighted by molar-refractivity contribution is 5.95. The summed E-state index contributed by atoms with van der Waals surface area (Å²) >= 11 is 0. The molecule has 14 nitrogen and oxygen atoms in total. The summed E-state index contributed by atoms with van der Waals surface area (Å²) in [4.78, 5) is 68.4. The summed E-state index contributed by atoms with van der Waals surface area (Å²) in [6.45, 7) is 1.46. The number of carbonyl (C=O) groups excluding carboxylic acids is 4. The van der Waals surface area contributed by atoms with Crippen molar-refractivity contribution in [3.63, 3.8) is 0 Å². The van der Waals surface area contributed by atoms with E-state index in [0.717, 1.165) is 4.90 Å². The summed E-state index contributed by atoms with van der Waals surface area (Å²) < 4.78 is 0. The van der Waals surface area contributed by atoms with Crippen molar-refractivity contribution < 1.29 is 34.2 Å². The van der Waals surface area contributed by atoms with Crippen molar-refractivity contribution >= 4 is 29.6 Å². The Labute approximate surface area is 189 Å². The number of likely N-dealkylation sites (tertiary alicyclic amines) is 1. The fraction of sp³-hybridized carbons (Fsp3) is 0.579. The van der Waals surface area contributed by atoms with E-state index in [9.17, 15) is 34.2 Å². The van der Waals surface area contributed by atoms with Crippen molar-refractivity contribution in [3.8, 4) is 0 Å². The van der Waals surface area contributed by atoms with Gasteiger partial charge in [-0.15, -0.1) is 0 Å². The van der Waals surface area contributed by atoms with E-state index in [0.29, 0.717) is 12.1 Å². The fourth-order valence-electron chi connectivity index (χ4n) is 3.53. The Kier molecular flexibility index (Phi) is 8.87. The van der Waals surface area contributed by atoms with Crippen LogP contribution in [0.25, 0.3) is 0 Å². The van der Waals surface area contributed by atoms with Crippen LogP contribution in [0, 0.1) is 0 Å². The molecule has 182 valence electrons. The third-order valence-corrected chi connectivity index (χ3v) is 5.24. The van der Waals surface area contributed by atoms with E-state index in [-0.39, 0.29) is 19.4 Å². The van der Waals surface area contributed by atoms with Crippen LogP contribution in [-0.2, 0) is 30.4 Å². The average molecular weight is 467 g/mol. The van der Waals surface area contributed by atoms with Gasteiger partial charge in [-0.2, -0.15) is 0 Å². The number of aromatic amines is 1. The normalized spacial score (nSPS) is 19.2. The number of aliphatic carboxylic acids is 1. The lowest BCUT2D eigenvalue weighted by Gasteiger charge is -2.31. The van der Waals surface area contributed by atoms with E-state index in [1.165, 1.54) is 19.4 Å². The molecule has 1 aromatic heterocycles. The summed E-state index contributed by atoms with van der Waals surface area (Å²) in [5, 5.41) is 24.0. The molecule has 1 saturated heterocycles. The first-order valence-electron chi connectivity index (χ1n) is 10.3. The number of nitrogens with one attached hydrogen (secondary N) is 3. The van der Waals surface area contributed by atoms with E-state index in [1.807, 2.05) is 0 Å². The molecule has 0 bridgehead atoms. The topological polar surface area (TPSA) is 234 Å². The van der Waals surface area contributed by atoms with Gasteiger partial charge in [-0.3, -0.25) is 19.2 Å². The minimum Gasteiger partial charge on any atom is -0.480 e.